The highest BCUT2D eigenvalue weighted by Crippen LogP contribution is 2.34. The standard InChI is InChI=1S/C24H25F4N5O3/c1-23(2,3)36-22(35)29-16-8-10-32(11-9-16)21(34)19-13-33-20(30-19)17(24(26,27)28)12-18(31-33)14-4-6-15(25)7-5-14/h4-7,12-13,16H,8-11H2,1-3H3,(H,29,35). The number of alkyl halides is 3. The number of rotatable bonds is 3. The number of alkyl carbamates (subject to hydrolysis) is 1. The lowest BCUT2D eigenvalue weighted by Gasteiger charge is -2.32. The molecule has 1 aliphatic rings. The van der Waals surface area contributed by atoms with Crippen LogP contribution >= 0.6 is 0 Å². The number of imidazole rings is 1. The number of carbonyl (C=O) groups excluding carboxylic acids is 2. The highest BCUT2D eigenvalue weighted by atomic mass is 19.4. The predicted molar refractivity (Wildman–Crippen MR) is 122 cm³/mol. The summed E-state index contributed by atoms with van der Waals surface area (Å²) < 4.78 is 60.9. The van der Waals surface area contributed by atoms with Gasteiger partial charge in [0.15, 0.2) is 5.65 Å². The van der Waals surface area contributed by atoms with Crippen molar-refractivity contribution >= 4 is 17.6 Å². The van der Waals surface area contributed by atoms with E-state index < -0.39 is 40.8 Å². The van der Waals surface area contributed by atoms with E-state index in [4.69, 9.17) is 4.74 Å². The van der Waals surface area contributed by atoms with E-state index in [1.807, 2.05) is 0 Å². The van der Waals surface area contributed by atoms with Crippen molar-refractivity contribution in [3.05, 3.63) is 53.6 Å². The Morgan fingerprint density at radius 3 is 2.31 bits per heavy atom. The molecule has 1 saturated heterocycles. The Kier molecular flexibility index (Phi) is 6.63. The second-order valence-electron chi connectivity index (χ2n) is 9.55. The molecule has 3 aromatic rings. The van der Waals surface area contributed by atoms with E-state index in [0.717, 1.165) is 28.9 Å². The van der Waals surface area contributed by atoms with Gasteiger partial charge in [-0.3, -0.25) is 4.79 Å². The molecule has 3 heterocycles. The number of aromatic nitrogens is 3. The molecule has 1 fully saturated rings. The van der Waals surface area contributed by atoms with Crippen LogP contribution in [0.4, 0.5) is 22.4 Å². The Labute approximate surface area is 204 Å². The van der Waals surface area contributed by atoms with Gasteiger partial charge in [-0.15, -0.1) is 0 Å². The first-order chi connectivity index (χ1) is 16.8. The maximum Gasteiger partial charge on any atom is 0.420 e. The van der Waals surface area contributed by atoms with Gasteiger partial charge >= 0.3 is 12.3 Å². The van der Waals surface area contributed by atoms with Crippen LogP contribution in [0.15, 0.2) is 36.5 Å². The third kappa shape index (κ3) is 5.74. The highest BCUT2D eigenvalue weighted by molar-refractivity contribution is 5.93. The fraction of sp³-hybridized carbons (Fsp3) is 0.417. The summed E-state index contributed by atoms with van der Waals surface area (Å²) in [5.41, 5.74) is -2.13. The second kappa shape index (κ2) is 9.40. The molecule has 0 atom stereocenters. The Balaban J connectivity index is 1.53. The molecule has 4 rings (SSSR count). The number of hydrogen-bond acceptors (Lipinski definition) is 5. The average molecular weight is 507 g/mol. The maximum atomic E-state index is 13.8. The fourth-order valence-electron chi connectivity index (χ4n) is 3.91. The van der Waals surface area contributed by atoms with E-state index >= 15 is 0 Å². The van der Waals surface area contributed by atoms with E-state index in [9.17, 15) is 27.2 Å². The highest BCUT2D eigenvalue weighted by Gasteiger charge is 2.36. The van der Waals surface area contributed by atoms with Crippen LogP contribution in [-0.4, -0.2) is 56.2 Å². The smallest absolute Gasteiger partial charge is 0.420 e. The molecule has 0 radical (unpaired) electrons. The quantitative estimate of drug-likeness (QED) is 0.520. The molecule has 1 N–H and O–H groups in total. The molecule has 0 saturated carbocycles. The molecule has 12 heteroatoms. The van der Waals surface area contributed by atoms with Crippen LogP contribution in [0.1, 0.15) is 49.7 Å². The summed E-state index contributed by atoms with van der Waals surface area (Å²) >= 11 is 0. The molecule has 1 aliphatic heterocycles. The lowest BCUT2D eigenvalue weighted by atomic mass is 10.0. The van der Waals surface area contributed by atoms with Crippen LogP contribution in [0.2, 0.25) is 0 Å². The van der Waals surface area contributed by atoms with Crippen molar-refractivity contribution in [3.63, 3.8) is 0 Å². The summed E-state index contributed by atoms with van der Waals surface area (Å²) in [5.74, 6) is -1.07. The number of nitrogens with zero attached hydrogens (tertiary/aromatic N) is 4. The minimum Gasteiger partial charge on any atom is -0.444 e. The maximum absolute atomic E-state index is 13.8. The topological polar surface area (TPSA) is 88.8 Å². The number of nitrogens with one attached hydrogen (secondary N) is 1. The summed E-state index contributed by atoms with van der Waals surface area (Å²) in [6.07, 6.45) is -3.23. The normalized spacial score (nSPS) is 15.2. The van der Waals surface area contributed by atoms with E-state index in [1.54, 1.807) is 20.8 Å². The lowest BCUT2D eigenvalue weighted by Crippen LogP contribution is -2.47. The van der Waals surface area contributed by atoms with Gasteiger partial charge in [0.25, 0.3) is 5.91 Å². The Morgan fingerprint density at radius 2 is 1.72 bits per heavy atom. The number of carbonyl (C=O) groups is 2. The molecule has 8 nitrogen and oxygen atoms in total. The molecule has 0 unspecified atom stereocenters. The number of amides is 2. The van der Waals surface area contributed by atoms with Crippen molar-refractivity contribution in [1.82, 2.24) is 24.8 Å². The zero-order valence-electron chi connectivity index (χ0n) is 19.9. The molecule has 2 aromatic heterocycles. The Bertz CT molecular complexity index is 1270. The predicted octanol–water partition coefficient (Wildman–Crippen LogP) is 4.68. The van der Waals surface area contributed by atoms with Crippen molar-refractivity contribution in [3.8, 4) is 11.3 Å². The third-order valence-corrected chi connectivity index (χ3v) is 5.59. The first kappa shape index (κ1) is 25.4. The van der Waals surface area contributed by atoms with Crippen LogP contribution in [0.5, 0.6) is 0 Å². The number of ether oxygens (including phenoxy) is 1. The zero-order chi connectivity index (χ0) is 26.3. The van der Waals surface area contributed by atoms with E-state index in [0.29, 0.717) is 12.8 Å². The van der Waals surface area contributed by atoms with E-state index in [2.05, 4.69) is 15.4 Å². The van der Waals surface area contributed by atoms with Crippen molar-refractivity contribution in [2.24, 2.45) is 0 Å². The molecular formula is C24H25F4N5O3. The van der Waals surface area contributed by atoms with Crippen LogP contribution in [0.25, 0.3) is 16.9 Å². The number of likely N-dealkylation sites (tertiary alicyclic amines) is 1. The molecule has 192 valence electrons. The fourth-order valence-corrected chi connectivity index (χ4v) is 3.91. The molecule has 2 amide bonds. The summed E-state index contributed by atoms with van der Waals surface area (Å²) in [4.78, 5) is 30.4. The van der Waals surface area contributed by atoms with Crippen molar-refractivity contribution in [2.75, 3.05) is 13.1 Å². The number of fused-ring (bicyclic) bond motifs is 1. The number of hydrogen-bond donors (Lipinski definition) is 1. The van der Waals surface area contributed by atoms with Gasteiger partial charge in [0, 0.05) is 24.7 Å². The SMILES string of the molecule is CC(C)(C)OC(=O)NC1CCN(C(=O)c2cn3nc(-c4ccc(F)cc4)cc(C(F)(F)F)c3n2)CC1. The van der Waals surface area contributed by atoms with Gasteiger partial charge in [-0.2, -0.15) is 18.3 Å². The number of halogens is 4. The van der Waals surface area contributed by atoms with Gasteiger partial charge in [-0.1, -0.05) is 0 Å². The Hall–Kier alpha value is -3.70. The molecule has 0 spiro atoms. The first-order valence-corrected chi connectivity index (χ1v) is 11.3. The molecular weight excluding hydrogens is 482 g/mol. The van der Waals surface area contributed by atoms with Crippen molar-refractivity contribution in [1.29, 1.82) is 0 Å². The summed E-state index contributed by atoms with van der Waals surface area (Å²) in [5, 5.41) is 6.94. The minimum absolute atomic E-state index is 0.0414. The zero-order valence-corrected chi connectivity index (χ0v) is 19.9. The van der Waals surface area contributed by atoms with Crippen LogP contribution in [-0.2, 0) is 10.9 Å². The molecule has 1 aromatic carbocycles. The summed E-state index contributed by atoms with van der Waals surface area (Å²) in [6, 6.07) is 5.53. The van der Waals surface area contributed by atoms with Gasteiger partial charge < -0.3 is 15.0 Å². The summed E-state index contributed by atoms with van der Waals surface area (Å²) in [7, 11) is 0. The molecule has 36 heavy (non-hydrogen) atoms. The van der Waals surface area contributed by atoms with Gasteiger partial charge in [-0.25, -0.2) is 18.7 Å². The molecule has 0 bridgehead atoms. The van der Waals surface area contributed by atoms with Crippen molar-refractivity contribution in [2.45, 2.75) is 51.4 Å². The first-order valence-electron chi connectivity index (χ1n) is 11.3. The van der Waals surface area contributed by atoms with Gasteiger partial charge in [0.2, 0.25) is 0 Å². The van der Waals surface area contributed by atoms with Gasteiger partial charge in [0.05, 0.1) is 11.9 Å². The summed E-state index contributed by atoms with van der Waals surface area (Å²) in [6.45, 7) is 5.83. The third-order valence-electron chi connectivity index (χ3n) is 5.59. The molecule has 0 aliphatic carbocycles. The van der Waals surface area contributed by atoms with Crippen LogP contribution in [0.3, 0.4) is 0 Å². The second-order valence-corrected chi connectivity index (χ2v) is 9.55. The van der Waals surface area contributed by atoms with Crippen LogP contribution in [0, 0.1) is 5.82 Å². The average Bonchev–Trinajstić information content (AvgIpc) is 3.21. The number of benzene rings is 1. The largest absolute Gasteiger partial charge is 0.444 e. The number of piperidine rings is 1. The van der Waals surface area contributed by atoms with Gasteiger partial charge in [-0.05, 0) is 63.9 Å². The van der Waals surface area contributed by atoms with E-state index in [-0.39, 0.29) is 36.1 Å². The Morgan fingerprint density at radius 1 is 1.08 bits per heavy atom. The van der Waals surface area contributed by atoms with Crippen molar-refractivity contribution < 1.29 is 31.9 Å². The van der Waals surface area contributed by atoms with Gasteiger partial charge in [0.1, 0.15) is 22.7 Å². The van der Waals surface area contributed by atoms with E-state index in [1.165, 1.54) is 17.0 Å². The van der Waals surface area contributed by atoms with Crippen LogP contribution < -0.4 is 5.32 Å². The minimum atomic E-state index is -4.75. The monoisotopic (exact) mass is 507 g/mol. The lowest BCUT2D eigenvalue weighted by molar-refractivity contribution is -0.136.